The maximum absolute atomic E-state index is 13.1. The van der Waals surface area contributed by atoms with Crippen LogP contribution in [0.2, 0.25) is 0 Å². The van der Waals surface area contributed by atoms with E-state index in [1.807, 2.05) is 43.0 Å². The summed E-state index contributed by atoms with van der Waals surface area (Å²) in [5, 5.41) is 0.803. The number of rotatable bonds is 5. The lowest BCUT2D eigenvalue weighted by Gasteiger charge is -2.37. The molecule has 1 aromatic heterocycles. The highest BCUT2D eigenvalue weighted by Crippen LogP contribution is 2.30. The van der Waals surface area contributed by atoms with Crippen LogP contribution in [0.15, 0.2) is 53.3 Å². The molecule has 0 aliphatic carbocycles. The summed E-state index contributed by atoms with van der Waals surface area (Å²) in [5.74, 6) is 0.00717. The zero-order valence-electron chi connectivity index (χ0n) is 21.7. The quantitative estimate of drug-likeness (QED) is 0.533. The van der Waals surface area contributed by atoms with Crippen LogP contribution in [-0.2, 0) is 11.8 Å². The van der Waals surface area contributed by atoms with Gasteiger partial charge < -0.3 is 30.0 Å². The van der Waals surface area contributed by atoms with Gasteiger partial charge in [-0.05, 0) is 37.3 Å². The first-order valence-corrected chi connectivity index (χ1v) is 11.9. The number of aryl methyl sites for hydroxylation is 1. The molecule has 0 atom stereocenters. The van der Waals surface area contributed by atoms with Gasteiger partial charge in [0.15, 0.2) is 0 Å². The fourth-order valence-electron chi connectivity index (χ4n) is 4.24. The molecule has 2 heterocycles. The third-order valence-electron chi connectivity index (χ3n) is 5.98. The first kappa shape index (κ1) is 28.4. The summed E-state index contributed by atoms with van der Waals surface area (Å²) in [6, 6.07) is 14.5. The average molecular weight is 497 g/mol. The lowest BCUT2D eigenvalue weighted by atomic mass is 10.1. The Labute approximate surface area is 211 Å². The topological polar surface area (TPSA) is 116 Å². The highest BCUT2D eigenvalue weighted by Gasteiger charge is 2.29. The number of hydrogen-bond donors (Lipinski definition) is 1. The summed E-state index contributed by atoms with van der Waals surface area (Å²) in [5.41, 5.74) is 1.55. The van der Waals surface area contributed by atoms with E-state index in [0.717, 1.165) is 10.9 Å². The maximum atomic E-state index is 13.1. The van der Waals surface area contributed by atoms with Crippen LogP contribution in [0.25, 0.3) is 10.9 Å². The molecule has 0 unspecified atom stereocenters. The van der Waals surface area contributed by atoms with Gasteiger partial charge in [0, 0.05) is 44.2 Å². The number of carbonyl (C=O) groups excluding carboxylic acids is 2. The normalized spacial score (nSPS) is 12.8. The van der Waals surface area contributed by atoms with Crippen LogP contribution < -0.4 is 21.3 Å². The standard InChI is InChI=1S/C25H27N3O5.C2H6.H3N/c1-4-33-25(31)21-22(19-7-5-6-8-20(19)26(2)24(21)30)27-13-15-28(16-14-27)23(29)17-9-11-18(32-3)12-10-17;1-2;/h5-12H,4,13-16H2,1-3H3;1-2H3;1H3. The Morgan fingerprint density at radius 3 is 2.14 bits per heavy atom. The van der Waals surface area contributed by atoms with E-state index >= 15 is 0 Å². The van der Waals surface area contributed by atoms with Crippen molar-refractivity contribution in [1.29, 1.82) is 0 Å². The molecule has 3 aromatic rings. The number of ether oxygens (including phenoxy) is 2. The van der Waals surface area contributed by atoms with Crippen molar-refractivity contribution in [1.82, 2.24) is 15.6 Å². The fourth-order valence-corrected chi connectivity index (χ4v) is 4.24. The second kappa shape index (κ2) is 12.7. The summed E-state index contributed by atoms with van der Waals surface area (Å²) in [6.07, 6.45) is 0. The number of pyridine rings is 1. The van der Waals surface area contributed by atoms with E-state index in [1.165, 1.54) is 4.57 Å². The van der Waals surface area contributed by atoms with E-state index in [-0.39, 0.29) is 29.8 Å². The van der Waals surface area contributed by atoms with Crippen LogP contribution in [0, 0.1) is 0 Å². The molecule has 3 N–H and O–H groups in total. The highest BCUT2D eigenvalue weighted by atomic mass is 16.5. The summed E-state index contributed by atoms with van der Waals surface area (Å²) in [4.78, 5) is 42.7. The fraction of sp³-hybridized carbons (Fsp3) is 0.370. The largest absolute Gasteiger partial charge is 0.497 e. The molecule has 0 spiro atoms. The highest BCUT2D eigenvalue weighted by molar-refractivity contribution is 6.05. The second-order valence-corrected chi connectivity index (χ2v) is 7.83. The Balaban J connectivity index is 0.00000148. The SMILES string of the molecule is CC.CCOC(=O)c1c(N2CCN(C(=O)c3ccc(OC)cc3)CC2)c2ccccc2n(C)c1=O.N. The number of benzene rings is 2. The molecule has 0 bridgehead atoms. The molecule has 1 saturated heterocycles. The van der Waals surface area contributed by atoms with Crippen molar-refractivity contribution < 1.29 is 19.1 Å². The molecule has 4 rings (SSSR count). The second-order valence-electron chi connectivity index (χ2n) is 7.83. The Kier molecular flexibility index (Phi) is 10.0. The molecule has 36 heavy (non-hydrogen) atoms. The van der Waals surface area contributed by atoms with E-state index in [9.17, 15) is 14.4 Å². The van der Waals surface area contributed by atoms with Gasteiger partial charge in [0.25, 0.3) is 11.5 Å². The van der Waals surface area contributed by atoms with Gasteiger partial charge in [0.2, 0.25) is 0 Å². The number of amides is 1. The predicted octanol–water partition coefficient (Wildman–Crippen LogP) is 3.87. The smallest absolute Gasteiger partial charge is 0.345 e. The molecular weight excluding hydrogens is 460 g/mol. The zero-order chi connectivity index (χ0) is 25.5. The molecule has 1 aliphatic heterocycles. The molecule has 0 saturated carbocycles. The van der Waals surface area contributed by atoms with Crippen LogP contribution >= 0.6 is 0 Å². The molecule has 1 aliphatic rings. The number of methoxy groups -OCH3 is 1. The predicted molar refractivity (Wildman–Crippen MR) is 143 cm³/mol. The van der Waals surface area contributed by atoms with Crippen molar-refractivity contribution in [3.8, 4) is 5.75 Å². The Hall–Kier alpha value is -3.85. The summed E-state index contributed by atoms with van der Waals surface area (Å²) >= 11 is 0. The number of anilines is 1. The Bertz CT molecular complexity index is 1250. The van der Waals surface area contributed by atoms with E-state index < -0.39 is 5.97 Å². The van der Waals surface area contributed by atoms with Gasteiger partial charge in [-0.15, -0.1) is 0 Å². The number of nitrogens with zero attached hydrogens (tertiary/aromatic N) is 3. The monoisotopic (exact) mass is 496 g/mol. The van der Waals surface area contributed by atoms with Gasteiger partial charge in [-0.3, -0.25) is 9.59 Å². The van der Waals surface area contributed by atoms with Crippen LogP contribution in [0.3, 0.4) is 0 Å². The van der Waals surface area contributed by atoms with E-state index in [2.05, 4.69) is 0 Å². The minimum atomic E-state index is -0.629. The van der Waals surface area contributed by atoms with Crippen molar-refractivity contribution >= 4 is 28.5 Å². The minimum Gasteiger partial charge on any atom is -0.497 e. The first-order valence-electron chi connectivity index (χ1n) is 11.9. The lowest BCUT2D eigenvalue weighted by Crippen LogP contribution is -2.49. The Morgan fingerprint density at radius 1 is 0.944 bits per heavy atom. The van der Waals surface area contributed by atoms with Crippen LogP contribution in [-0.4, -0.2) is 61.2 Å². The number of hydrogen-bond acceptors (Lipinski definition) is 7. The van der Waals surface area contributed by atoms with Gasteiger partial charge in [-0.1, -0.05) is 32.0 Å². The van der Waals surface area contributed by atoms with Crippen molar-refractivity contribution in [2.45, 2.75) is 20.8 Å². The van der Waals surface area contributed by atoms with Crippen LogP contribution in [0.5, 0.6) is 5.75 Å². The van der Waals surface area contributed by atoms with Crippen molar-refractivity contribution in [3.63, 3.8) is 0 Å². The molecule has 1 fully saturated rings. The first-order chi connectivity index (χ1) is 17.0. The third-order valence-corrected chi connectivity index (χ3v) is 5.98. The van der Waals surface area contributed by atoms with Crippen LogP contribution in [0.1, 0.15) is 41.5 Å². The molecule has 0 radical (unpaired) electrons. The number of fused-ring (bicyclic) bond motifs is 1. The van der Waals surface area contributed by atoms with Crippen molar-refractivity contribution in [2.75, 3.05) is 44.8 Å². The van der Waals surface area contributed by atoms with Gasteiger partial charge in [-0.2, -0.15) is 0 Å². The zero-order valence-corrected chi connectivity index (χ0v) is 21.7. The van der Waals surface area contributed by atoms with Crippen molar-refractivity contribution in [3.05, 3.63) is 70.0 Å². The van der Waals surface area contributed by atoms with Gasteiger partial charge in [0.05, 0.1) is 24.9 Å². The van der Waals surface area contributed by atoms with E-state index in [0.29, 0.717) is 43.2 Å². The molecule has 2 aromatic carbocycles. The van der Waals surface area contributed by atoms with E-state index in [1.54, 1.807) is 50.2 Å². The third kappa shape index (κ3) is 5.52. The lowest BCUT2D eigenvalue weighted by molar-refractivity contribution is 0.0523. The molecule has 9 heteroatoms. The number of esters is 1. The maximum Gasteiger partial charge on any atom is 0.345 e. The minimum absolute atomic E-state index is 0. The molecule has 1 amide bonds. The molecule has 9 nitrogen and oxygen atoms in total. The molecule has 194 valence electrons. The summed E-state index contributed by atoms with van der Waals surface area (Å²) < 4.78 is 11.9. The van der Waals surface area contributed by atoms with Gasteiger partial charge in [-0.25, -0.2) is 4.79 Å². The summed E-state index contributed by atoms with van der Waals surface area (Å²) in [7, 11) is 3.24. The molecular formula is C27H36N4O5. The van der Waals surface area contributed by atoms with Gasteiger partial charge >= 0.3 is 5.97 Å². The number of aromatic nitrogens is 1. The average Bonchev–Trinajstić information content (AvgIpc) is 2.91. The number of piperazine rings is 1. The van der Waals surface area contributed by atoms with E-state index in [4.69, 9.17) is 9.47 Å². The number of para-hydroxylation sites is 1. The van der Waals surface area contributed by atoms with Gasteiger partial charge in [0.1, 0.15) is 11.3 Å². The van der Waals surface area contributed by atoms with Crippen molar-refractivity contribution in [2.24, 2.45) is 7.05 Å². The Morgan fingerprint density at radius 2 is 1.56 bits per heavy atom. The number of carbonyl (C=O) groups is 2. The van der Waals surface area contributed by atoms with Crippen LogP contribution in [0.4, 0.5) is 5.69 Å². The summed E-state index contributed by atoms with van der Waals surface area (Å²) in [6.45, 7) is 7.81.